The van der Waals surface area contributed by atoms with Gasteiger partial charge in [-0.1, -0.05) is 11.6 Å². The predicted molar refractivity (Wildman–Crippen MR) is 55.2 cm³/mol. The van der Waals surface area contributed by atoms with E-state index in [4.69, 9.17) is 11.6 Å². The van der Waals surface area contributed by atoms with Crippen LogP contribution in [0.4, 0.5) is 5.69 Å². The first-order chi connectivity index (χ1) is 6.74. The van der Waals surface area contributed by atoms with Gasteiger partial charge in [-0.05, 0) is 30.9 Å². The molecule has 0 aliphatic heterocycles. The van der Waals surface area contributed by atoms with Crippen molar-refractivity contribution in [3.8, 4) is 0 Å². The lowest BCUT2D eigenvalue weighted by atomic mass is 10.3. The Morgan fingerprint density at radius 1 is 1.64 bits per heavy atom. The van der Waals surface area contributed by atoms with Gasteiger partial charge in [0.25, 0.3) is 0 Å². The zero-order valence-corrected chi connectivity index (χ0v) is 8.42. The number of nitrogens with one attached hydrogen (secondary N) is 1. The van der Waals surface area contributed by atoms with E-state index in [0.717, 1.165) is 5.69 Å². The third-order valence-electron chi connectivity index (χ3n) is 2.18. The van der Waals surface area contributed by atoms with Gasteiger partial charge in [-0.2, -0.15) is 0 Å². The van der Waals surface area contributed by atoms with Gasteiger partial charge in [0.1, 0.15) is 5.15 Å². The van der Waals surface area contributed by atoms with E-state index >= 15 is 0 Å². The van der Waals surface area contributed by atoms with Crippen LogP contribution < -0.4 is 5.32 Å². The van der Waals surface area contributed by atoms with Crippen LogP contribution in [0.1, 0.15) is 19.3 Å². The Morgan fingerprint density at radius 3 is 3.07 bits per heavy atom. The van der Waals surface area contributed by atoms with Gasteiger partial charge >= 0.3 is 0 Å². The number of rotatable bonds is 3. The number of anilines is 1. The van der Waals surface area contributed by atoms with Crippen LogP contribution in [0.3, 0.4) is 0 Å². The molecule has 14 heavy (non-hydrogen) atoms. The molecular formula is C10H11ClN2O. The summed E-state index contributed by atoms with van der Waals surface area (Å²) in [5, 5.41) is 3.19. The summed E-state index contributed by atoms with van der Waals surface area (Å²) < 4.78 is 0. The molecule has 2 rings (SSSR count). The molecule has 0 spiro atoms. The fourth-order valence-corrected chi connectivity index (χ4v) is 1.45. The minimum Gasteiger partial charge on any atom is -0.326 e. The Labute approximate surface area is 87.5 Å². The summed E-state index contributed by atoms with van der Waals surface area (Å²) in [6.07, 6.45) is 4.57. The number of hydrogen-bond acceptors (Lipinski definition) is 2. The molecule has 1 amide bonds. The highest BCUT2D eigenvalue weighted by Crippen LogP contribution is 2.32. The SMILES string of the molecule is O=C(CC1CC1)Nc1ccnc(Cl)c1. The highest BCUT2D eigenvalue weighted by Gasteiger charge is 2.24. The van der Waals surface area contributed by atoms with Crippen molar-refractivity contribution >= 4 is 23.2 Å². The predicted octanol–water partition coefficient (Wildman–Crippen LogP) is 2.47. The van der Waals surface area contributed by atoms with Gasteiger partial charge in [-0.25, -0.2) is 4.98 Å². The maximum atomic E-state index is 11.4. The number of carbonyl (C=O) groups excluding carboxylic acids is 1. The Kier molecular flexibility index (Phi) is 2.68. The molecular weight excluding hydrogens is 200 g/mol. The van der Waals surface area contributed by atoms with Crippen LogP contribution in [0.15, 0.2) is 18.3 Å². The molecule has 0 atom stereocenters. The van der Waals surface area contributed by atoms with E-state index in [2.05, 4.69) is 10.3 Å². The maximum absolute atomic E-state index is 11.4. The van der Waals surface area contributed by atoms with E-state index in [9.17, 15) is 4.79 Å². The van der Waals surface area contributed by atoms with Crippen molar-refractivity contribution in [2.75, 3.05) is 5.32 Å². The van der Waals surface area contributed by atoms with Crippen molar-refractivity contribution in [3.63, 3.8) is 0 Å². The molecule has 0 bridgehead atoms. The second-order valence-electron chi connectivity index (χ2n) is 3.56. The summed E-state index contributed by atoms with van der Waals surface area (Å²) in [6.45, 7) is 0. The molecule has 0 saturated heterocycles. The van der Waals surface area contributed by atoms with Gasteiger partial charge in [0.2, 0.25) is 5.91 Å². The van der Waals surface area contributed by atoms with Crippen LogP contribution >= 0.6 is 11.6 Å². The zero-order valence-electron chi connectivity index (χ0n) is 7.66. The molecule has 74 valence electrons. The Balaban J connectivity index is 1.92. The molecule has 1 aromatic heterocycles. The van der Waals surface area contributed by atoms with Gasteiger partial charge < -0.3 is 5.32 Å². The minimum atomic E-state index is 0.0646. The molecule has 1 N–H and O–H groups in total. The summed E-state index contributed by atoms with van der Waals surface area (Å²) in [4.78, 5) is 15.2. The van der Waals surface area contributed by atoms with Crippen LogP contribution in [-0.2, 0) is 4.79 Å². The van der Waals surface area contributed by atoms with E-state index in [1.807, 2.05) is 0 Å². The van der Waals surface area contributed by atoms with Crippen molar-refractivity contribution in [3.05, 3.63) is 23.5 Å². The number of nitrogens with zero attached hydrogens (tertiary/aromatic N) is 1. The molecule has 1 aliphatic carbocycles. The minimum absolute atomic E-state index is 0.0646. The van der Waals surface area contributed by atoms with E-state index in [1.54, 1.807) is 18.3 Å². The number of carbonyl (C=O) groups is 1. The lowest BCUT2D eigenvalue weighted by Crippen LogP contribution is -2.11. The summed E-state index contributed by atoms with van der Waals surface area (Å²) >= 11 is 5.68. The Hall–Kier alpha value is -1.09. The molecule has 1 aromatic rings. The maximum Gasteiger partial charge on any atom is 0.224 e. The number of aromatic nitrogens is 1. The number of hydrogen-bond donors (Lipinski definition) is 1. The first kappa shape index (κ1) is 9.46. The highest BCUT2D eigenvalue weighted by atomic mass is 35.5. The molecule has 1 saturated carbocycles. The summed E-state index contributed by atoms with van der Waals surface area (Å²) in [5.74, 6) is 0.669. The van der Waals surface area contributed by atoms with Crippen LogP contribution in [0.25, 0.3) is 0 Å². The van der Waals surface area contributed by atoms with Crippen molar-refractivity contribution in [1.29, 1.82) is 0 Å². The standard InChI is InChI=1S/C10H11ClN2O/c11-9-6-8(3-4-12-9)13-10(14)5-7-1-2-7/h3-4,6-7H,1-2,5H2,(H,12,13,14). The topological polar surface area (TPSA) is 42.0 Å². The lowest BCUT2D eigenvalue weighted by molar-refractivity contribution is -0.116. The molecule has 1 heterocycles. The van der Waals surface area contributed by atoms with Crippen LogP contribution in [0.2, 0.25) is 5.15 Å². The van der Waals surface area contributed by atoms with E-state index in [0.29, 0.717) is 17.5 Å². The van der Waals surface area contributed by atoms with E-state index in [-0.39, 0.29) is 5.91 Å². The molecule has 1 fully saturated rings. The quantitative estimate of drug-likeness (QED) is 0.779. The van der Waals surface area contributed by atoms with Crippen molar-refractivity contribution in [1.82, 2.24) is 4.98 Å². The molecule has 4 heteroatoms. The second kappa shape index (κ2) is 3.96. The van der Waals surface area contributed by atoms with Gasteiger partial charge in [0, 0.05) is 18.3 Å². The van der Waals surface area contributed by atoms with Crippen molar-refractivity contribution < 1.29 is 4.79 Å². The molecule has 0 unspecified atom stereocenters. The van der Waals surface area contributed by atoms with Crippen LogP contribution in [0, 0.1) is 5.92 Å². The average Bonchev–Trinajstić information content (AvgIpc) is 2.87. The smallest absolute Gasteiger partial charge is 0.224 e. The van der Waals surface area contributed by atoms with Crippen molar-refractivity contribution in [2.45, 2.75) is 19.3 Å². The third-order valence-corrected chi connectivity index (χ3v) is 2.39. The first-order valence-corrected chi connectivity index (χ1v) is 5.03. The highest BCUT2D eigenvalue weighted by molar-refractivity contribution is 6.29. The van der Waals surface area contributed by atoms with Gasteiger partial charge in [0.05, 0.1) is 0 Å². The normalized spacial score (nSPS) is 15.2. The molecule has 0 aromatic carbocycles. The van der Waals surface area contributed by atoms with Gasteiger partial charge in [-0.15, -0.1) is 0 Å². The second-order valence-corrected chi connectivity index (χ2v) is 3.95. The monoisotopic (exact) mass is 210 g/mol. The molecule has 0 radical (unpaired) electrons. The number of amides is 1. The van der Waals surface area contributed by atoms with E-state index in [1.165, 1.54) is 12.8 Å². The zero-order chi connectivity index (χ0) is 9.97. The number of halogens is 1. The average molecular weight is 211 g/mol. The fraction of sp³-hybridized carbons (Fsp3) is 0.400. The summed E-state index contributed by atoms with van der Waals surface area (Å²) in [5.41, 5.74) is 0.718. The molecule has 3 nitrogen and oxygen atoms in total. The fourth-order valence-electron chi connectivity index (χ4n) is 1.28. The number of pyridine rings is 1. The van der Waals surface area contributed by atoms with Gasteiger partial charge in [0.15, 0.2) is 0 Å². The first-order valence-electron chi connectivity index (χ1n) is 4.65. The lowest BCUT2D eigenvalue weighted by Gasteiger charge is -2.03. The van der Waals surface area contributed by atoms with Crippen molar-refractivity contribution in [2.24, 2.45) is 5.92 Å². The summed E-state index contributed by atoms with van der Waals surface area (Å²) in [6, 6.07) is 3.38. The Bertz CT molecular complexity index is 350. The van der Waals surface area contributed by atoms with Gasteiger partial charge in [-0.3, -0.25) is 4.79 Å². The van der Waals surface area contributed by atoms with Crippen LogP contribution in [-0.4, -0.2) is 10.9 Å². The Morgan fingerprint density at radius 2 is 2.43 bits per heavy atom. The van der Waals surface area contributed by atoms with E-state index < -0.39 is 0 Å². The third kappa shape index (κ3) is 2.70. The molecule has 1 aliphatic rings. The van der Waals surface area contributed by atoms with Crippen LogP contribution in [0.5, 0.6) is 0 Å². The summed E-state index contributed by atoms with van der Waals surface area (Å²) in [7, 11) is 0. The largest absolute Gasteiger partial charge is 0.326 e.